The Hall–Kier alpha value is -4.18. The number of para-hydroxylation sites is 1. The first kappa shape index (κ1) is 18.6. The van der Waals surface area contributed by atoms with Crippen molar-refractivity contribution >= 4 is 34.6 Å². The third-order valence-corrected chi connectivity index (χ3v) is 3.76. The molecule has 7 nitrogen and oxygen atoms in total. The summed E-state index contributed by atoms with van der Waals surface area (Å²) in [5.74, 6) is -0.584. The minimum Gasteiger partial charge on any atom is -0.354 e. The van der Waals surface area contributed by atoms with Crippen LogP contribution in [0.4, 0.5) is 22.7 Å². The molecule has 2 amide bonds. The summed E-state index contributed by atoms with van der Waals surface area (Å²) >= 11 is 0. The van der Waals surface area contributed by atoms with Crippen LogP contribution in [0.2, 0.25) is 0 Å². The summed E-state index contributed by atoms with van der Waals surface area (Å²) in [6.45, 7) is 1.41. The molecule has 0 saturated carbocycles. The first-order valence-corrected chi connectivity index (χ1v) is 8.46. The zero-order chi connectivity index (χ0) is 19.9. The summed E-state index contributed by atoms with van der Waals surface area (Å²) in [5, 5.41) is 17.7. The van der Waals surface area contributed by atoms with Crippen LogP contribution in [0.15, 0.2) is 66.9 Å². The maximum absolute atomic E-state index is 12.5. The van der Waals surface area contributed by atoms with E-state index in [9.17, 15) is 14.9 Å². The molecule has 0 saturated heterocycles. The second-order valence-electron chi connectivity index (χ2n) is 5.93. The predicted molar refractivity (Wildman–Crippen MR) is 107 cm³/mol. The van der Waals surface area contributed by atoms with Crippen LogP contribution >= 0.6 is 0 Å². The number of aromatic nitrogens is 1. The van der Waals surface area contributed by atoms with Crippen molar-refractivity contribution in [2.45, 2.75) is 6.92 Å². The summed E-state index contributed by atoms with van der Waals surface area (Å²) in [5.41, 5.74) is 3.11. The Morgan fingerprint density at radius 2 is 1.68 bits per heavy atom. The number of hydrogen-bond donors (Lipinski definition) is 3. The molecular formula is C21H17N5O2. The Labute approximate surface area is 162 Å². The van der Waals surface area contributed by atoms with Crippen molar-refractivity contribution in [3.8, 4) is 6.07 Å². The number of rotatable bonds is 5. The lowest BCUT2D eigenvalue weighted by Crippen LogP contribution is -2.14. The summed E-state index contributed by atoms with van der Waals surface area (Å²) in [6.07, 6.45) is 1.51. The Kier molecular flexibility index (Phi) is 5.63. The second kappa shape index (κ2) is 8.47. The molecule has 2 aromatic carbocycles. The normalized spacial score (nSPS) is 9.86. The van der Waals surface area contributed by atoms with Crippen LogP contribution < -0.4 is 16.0 Å². The summed E-state index contributed by atoms with van der Waals surface area (Å²) in [7, 11) is 0. The molecule has 7 heteroatoms. The quantitative estimate of drug-likeness (QED) is 0.630. The van der Waals surface area contributed by atoms with Crippen molar-refractivity contribution < 1.29 is 9.59 Å². The van der Waals surface area contributed by atoms with Crippen LogP contribution in [-0.2, 0) is 4.79 Å². The zero-order valence-corrected chi connectivity index (χ0v) is 15.1. The summed E-state index contributed by atoms with van der Waals surface area (Å²) < 4.78 is 0. The fraction of sp³-hybridized carbons (Fsp3) is 0.0476. The van der Waals surface area contributed by atoms with Crippen molar-refractivity contribution in [3.63, 3.8) is 0 Å². The van der Waals surface area contributed by atoms with E-state index in [-0.39, 0.29) is 11.6 Å². The monoisotopic (exact) mass is 371 g/mol. The Bertz CT molecular complexity index is 1070. The number of hydrogen-bond acceptors (Lipinski definition) is 5. The summed E-state index contributed by atoms with van der Waals surface area (Å²) in [4.78, 5) is 27.8. The lowest BCUT2D eigenvalue weighted by Gasteiger charge is -2.10. The van der Waals surface area contributed by atoms with E-state index in [2.05, 4.69) is 27.0 Å². The number of pyridine rings is 1. The lowest BCUT2D eigenvalue weighted by atomic mass is 10.2. The SMILES string of the molecule is CC(=O)Nc1cccc(NC(=O)c2cc(Nc3ccccc3C#N)ccn2)c1. The van der Waals surface area contributed by atoms with E-state index in [1.165, 1.54) is 13.1 Å². The highest BCUT2D eigenvalue weighted by atomic mass is 16.2. The smallest absolute Gasteiger partial charge is 0.274 e. The molecule has 138 valence electrons. The van der Waals surface area contributed by atoms with Crippen LogP contribution in [0.3, 0.4) is 0 Å². The van der Waals surface area contributed by atoms with E-state index in [4.69, 9.17) is 0 Å². The zero-order valence-electron chi connectivity index (χ0n) is 15.1. The van der Waals surface area contributed by atoms with Gasteiger partial charge in [-0.15, -0.1) is 0 Å². The van der Waals surface area contributed by atoms with Gasteiger partial charge in [0, 0.05) is 30.2 Å². The number of carbonyl (C=O) groups is 2. The molecule has 0 aliphatic rings. The van der Waals surface area contributed by atoms with Gasteiger partial charge in [-0.3, -0.25) is 14.6 Å². The Balaban J connectivity index is 1.76. The van der Waals surface area contributed by atoms with Crippen molar-refractivity contribution in [2.75, 3.05) is 16.0 Å². The number of benzene rings is 2. The minimum atomic E-state index is -0.391. The molecule has 3 aromatic rings. The molecule has 0 aliphatic heterocycles. The van der Waals surface area contributed by atoms with Gasteiger partial charge in [-0.1, -0.05) is 18.2 Å². The van der Waals surface area contributed by atoms with E-state index < -0.39 is 5.91 Å². The maximum Gasteiger partial charge on any atom is 0.274 e. The molecule has 3 rings (SSSR count). The number of carbonyl (C=O) groups excluding carboxylic acids is 2. The molecule has 0 spiro atoms. The number of amides is 2. The van der Waals surface area contributed by atoms with Crippen molar-refractivity contribution in [1.82, 2.24) is 4.98 Å². The number of nitriles is 1. The van der Waals surface area contributed by atoms with E-state index >= 15 is 0 Å². The topological polar surface area (TPSA) is 107 Å². The fourth-order valence-electron chi connectivity index (χ4n) is 2.55. The highest BCUT2D eigenvalue weighted by Crippen LogP contribution is 2.21. The van der Waals surface area contributed by atoms with Gasteiger partial charge in [-0.25, -0.2) is 0 Å². The van der Waals surface area contributed by atoms with Crippen molar-refractivity contribution in [1.29, 1.82) is 5.26 Å². The predicted octanol–water partition coefficient (Wildman–Crippen LogP) is 3.91. The summed E-state index contributed by atoms with van der Waals surface area (Å²) in [6, 6.07) is 19.3. The maximum atomic E-state index is 12.5. The van der Waals surface area contributed by atoms with Gasteiger partial charge < -0.3 is 16.0 Å². The average Bonchev–Trinajstić information content (AvgIpc) is 2.68. The Morgan fingerprint density at radius 1 is 0.929 bits per heavy atom. The van der Waals surface area contributed by atoms with Crippen LogP contribution in [0.25, 0.3) is 0 Å². The lowest BCUT2D eigenvalue weighted by molar-refractivity contribution is -0.114. The van der Waals surface area contributed by atoms with E-state index in [1.54, 1.807) is 54.6 Å². The van der Waals surface area contributed by atoms with Gasteiger partial charge in [0.2, 0.25) is 5.91 Å². The molecule has 0 aliphatic carbocycles. The third-order valence-electron chi connectivity index (χ3n) is 3.76. The minimum absolute atomic E-state index is 0.193. The van der Waals surface area contributed by atoms with Crippen LogP contribution in [0.1, 0.15) is 23.0 Å². The first-order valence-electron chi connectivity index (χ1n) is 8.46. The molecule has 0 radical (unpaired) electrons. The van der Waals surface area contributed by atoms with Gasteiger partial charge in [-0.2, -0.15) is 5.26 Å². The van der Waals surface area contributed by atoms with E-state index in [0.29, 0.717) is 28.3 Å². The van der Waals surface area contributed by atoms with Gasteiger partial charge >= 0.3 is 0 Å². The van der Waals surface area contributed by atoms with Gasteiger partial charge in [0.25, 0.3) is 5.91 Å². The molecular weight excluding hydrogens is 354 g/mol. The van der Waals surface area contributed by atoms with Crippen LogP contribution in [0.5, 0.6) is 0 Å². The molecule has 1 aromatic heterocycles. The highest BCUT2D eigenvalue weighted by Gasteiger charge is 2.10. The standard InChI is InChI=1S/C21H17N5O2/c1-14(27)24-16-6-4-7-17(11-16)26-21(28)20-12-18(9-10-23-20)25-19-8-3-2-5-15(19)13-22/h2-12H,1H3,(H,23,25)(H,24,27)(H,26,28). The second-order valence-corrected chi connectivity index (χ2v) is 5.93. The van der Waals surface area contributed by atoms with Crippen LogP contribution in [0, 0.1) is 11.3 Å². The molecule has 0 bridgehead atoms. The largest absolute Gasteiger partial charge is 0.354 e. The van der Waals surface area contributed by atoms with Crippen molar-refractivity contribution in [3.05, 3.63) is 78.1 Å². The molecule has 0 fully saturated rings. The van der Waals surface area contributed by atoms with Gasteiger partial charge in [0.1, 0.15) is 11.8 Å². The van der Waals surface area contributed by atoms with Gasteiger partial charge in [0.15, 0.2) is 0 Å². The van der Waals surface area contributed by atoms with Crippen molar-refractivity contribution in [2.24, 2.45) is 0 Å². The molecule has 0 unspecified atom stereocenters. The van der Waals surface area contributed by atoms with Gasteiger partial charge in [0.05, 0.1) is 11.3 Å². The Morgan fingerprint density at radius 3 is 2.43 bits per heavy atom. The fourth-order valence-corrected chi connectivity index (χ4v) is 2.55. The third kappa shape index (κ3) is 4.71. The van der Waals surface area contributed by atoms with E-state index in [0.717, 1.165) is 0 Å². The molecule has 3 N–H and O–H groups in total. The van der Waals surface area contributed by atoms with E-state index in [1.807, 2.05) is 6.07 Å². The molecule has 28 heavy (non-hydrogen) atoms. The number of anilines is 4. The highest BCUT2D eigenvalue weighted by molar-refractivity contribution is 6.04. The average molecular weight is 371 g/mol. The molecule has 0 atom stereocenters. The number of nitrogens with one attached hydrogen (secondary N) is 3. The van der Waals surface area contributed by atoms with Crippen LogP contribution in [-0.4, -0.2) is 16.8 Å². The van der Waals surface area contributed by atoms with Gasteiger partial charge in [-0.05, 0) is 42.5 Å². The number of nitrogens with zero attached hydrogens (tertiary/aromatic N) is 2. The molecule has 1 heterocycles. The first-order chi connectivity index (χ1) is 13.5.